The van der Waals surface area contributed by atoms with Crippen LogP contribution in [0.25, 0.3) is 0 Å². The molecule has 2 aromatic rings. The number of nitriles is 1. The fourth-order valence-electron chi connectivity index (χ4n) is 3.15. The first-order valence-electron chi connectivity index (χ1n) is 7.84. The molecule has 0 saturated carbocycles. The second kappa shape index (κ2) is 6.28. The Morgan fingerprint density at radius 2 is 2.25 bits per heavy atom. The van der Waals surface area contributed by atoms with E-state index in [-0.39, 0.29) is 11.9 Å². The number of nitrogens with two attached hydrogens (primary N) is 1. The molecule has 0 unspecified atom stereocenters. The Kier molecular flexibility index (Phi) is 4.16. The van der Waals surface area contributed by atoms with Gasteiger partial charge in [0.2, 0.25) is 5.82 Å². The molecule has 0 spiro atoms. The first-order valence-corrected chi connectivity index (χ1v) is 7.84. The molecule has 0 bridgehead atoms. The number of carbonyl (C=O) groups excluding carboxylic acids is 1. The highest BCUT2D eigenvalue weighted by atomic mass is 16.1. The summed E-state index contributed by atoms with van der Waals surface area (Å²) in [6.07, 6.45) is 3.44. The monoisotopic (exact) mass is 325 g/mol. The first-order chi connectivity index (χ1) is 11.5. The van der Waals surface area contributed by atoms with Crippen LogP contribution in [0.4, 0.5) is 5.69 Å². The first kappa shape index (κ1) is 15.9. The maximum absolute atomic E-state index is 11.2. The van der Waals surface area contributed by atoms with Crippen LogP contribution in [-0.2, 0) is 0 Å². The maximum Gasteiger partial charge on any atom is 0.288 e. The number of pyridine rings is 1. The molecular formula is C16H19N7O. The molecule has 1 fully saturated rings. The summed E-state index contributed by atoms with van der Waals surface area (Å²) >= 11 is 0. The summed E-state index contributed by atoms with van der Waals surface area (Å²) in [6, 6.07) is 4.29. The Hall–Kier alpha value is -2.95. The molecule has 0 radical (unpaired) electrons. The fraction of sp³-hybridized carbons (Fsp3) is 0.438. The molecule has 1 amide bonds. The fourth-order valence-corrected chi connectivity index (χ4v) is 3.15. The van der Waals surface area contributed by atoms with E-state index in [9.17, 15) is 10.1 Å². The highest BCUT2D eigenvalue weighted by Crippen LogP contribution is 2.29. The molecule has 1 aliphatic rings. The number of hydrogen-bond donors (Lipinski definition) is 1. The van der Waals surface area contributed by atoms with Crippen LogP contribution in [0, 0.1) is 25.2 Å². The van der Waals surface area contributed by atoms with E-state index in [0.29, 0.717) is 12.1 Å². The molecule has 1 atom stereocenters. The lowest BCUT2D eigenvalue weighted by Gasteiger charge is -2.35. The van der Waals surface area contributed by atoms with Crippen molar-refractivity contribution in [3.8, 4) is 6.07 Å². The van der Waals surface area contributed by atoms with Gasteiger partial charge in [-0.25, -0.2) is 9.67 Å². The van der Waals surface area contributed by atoms with Gasteiger partial charge in [-0.2, -0.15) is 5.26 Å². The second-order valence-electron chi connectivity index (χ2n) is 6.01. The summed E-state index contributed by atoms with van der Waals surface area (Å²) in [5, 5.41) is 13.6. The second-order valence-corrected chi connectivity index (χ2v) is 6.01. The zero-order chi connectivity index (χ0) is 17.3. The van der Waals surface area contributed by atoms with Crippen molar-refractivity contribution in [2.75, 3.05) is 18.0 Å². The third kappa shape index (κ3) is 2.93. The zero-order valence-corrected chi connectivity index (χ0v) is 13.7. The Morgan fingerprint density at radius 3 is 2.92 bits per heavy atom. The number of nitrogens with zero attached hydrogens (tertiary/aromatic N) is 6. The molecule has 1 saturated heterocycles. The Bertz CT molecular complexity index is 820. The third-order valence-corrected chi connectivity index (χ3v) is 4.26. The molecule has 2 N–H and O–H groups in total. The molecule has 1 aliphatic heterocycles. The van der Waals surface area contributed by atoms with Gasteiger partial charge in [-0.3, -0.25) is 9.78 Å². The Morgan fingerprint density at radius 1 is 1.46 bits per heavy atom. The van der Waals surface area contributed by atoms with Gasteiger partial charge in [0.05, 0.1) is 23.0 Å². The van der Waals surface area contributed by atoms with E-state index in [0.717, 1.165) is 36.5 Å². The van der Waals surface area contributed by atoms with Crippen LogP contribution in [0.5, 0.6) is 0 Å². The standard InChI is InChI=1S/C16H19N7O/c1-10-6-14(13(7-17)11(2)20-10)22-5-3-4-12(8-22)23-9-19-16(21-23)15(18)24/h6,9,12H,3-5,8H2,1-2H3,(H2,18,24)/t12-/m0/s1. The van der Waals surface area contributed by atoms with E-state index >= 15 is 0 Å². The zero-order valence-electron chi connectivity index (χ0n) is 13.7. The molecule has 124 valence electrons. The molecule has 8 heteroatoms. The molecule has 2 aromatic heterocycles. The molecule has 0 aliphatic carbocycles. The van der Waals surface area contributed by atoms with Crippen LogP contribution in [0.2, 0.25) is 0 Å². The van der Waals surface area contributed by atoms with Gasteiger partial charge in [0, 0.05) is 18.8 Å². The number of anilines is 1. The summed E-state index contributed by atoms with van der Waals surface area (Å²) < 4.78 is 1.69. The lowest BCUT2D eigenvalue weighted by Crippen LogP contribution is -2.37. The van der Waals surface area contributed by atoms with Crippen LogP contribution in [0.3, 0.4) is 0 Å². The molecule has 24 heavy (non-hydrogen) atoms. The van der Waals surface area contributed by atoms with Crippen molar-refractivity contribution >= 4 is 11.6 Å². The van der Waals surface area contributed by atoms with E-state index in [1.807, 2.05) is 19.9 Å². The van der Waals surface area contributed by atoms with Gasteiger partial charge in [0.15, 0.2) is 0 Å². The minimum absolute atomic E-state index is 0.0282. The Labute approximate surface area is 139 Å². The summed E-state index contributed by atoms with van der Waals surface area (Å²) in [4.78, 5) is 21.7. The average molecular weight is 325 g/mol. The lowest BCUT2D eigenvalue weighted by molar-refractivity contribution is 0.0990. The van der Waals surface area contributed by atoms with Gasteiger partial charge in [0.1, 0.15) is 12.4 Å². The van der Waals surface area contributed by atoms with Gasteiger partial charge in [-0.05, 0) is 32.8 Å². The van der Waals surface area contributed by atoms with Crippen LogP contribution in [0.15, 0.2) is 12.4 Å². The van der Waals surface area contributed by atoms with E-state index in [2.05, 4.69) is 26.0 Å². The van der Waals surface area contributed by atoms with Gasteiger partial charge in [0.25, 0.3) is 5.91 Å². The largest absolute Gasteiger partial charge is 0.368 e. The van der Waals surface area contributed by atoms with Gasteiger partial charge in [-0.1, -0.05) is 0 Å². The van der Waals surface area contributed by atoms with Crippen molar-refractivity contribution in [3.63, 3.8) is 0 Å². The number of carbonyl (C=O) groups is 1. The van der Waals surface area contributed by atoms with Gasteiger partial charge >= 0.3 is 0 Å². The number of aryl methyl sites for hydroxylation is 2. The number of piperidine rings is 1. The van der Waals surface area contributed by atoms with E-state index in [1.165, 1.54) is 0 Å². The van der Waals surface area contributed by atoms with Crippen molar-refractivity contribution in [1.82, 2.24) is 19.7 Å². The topological polar surface area (TPSA) is 114 Å². The van der Waals surface area contributed by atoms with Crippen LogP contribution < -0.4 is 10.6 Å². The van der Waals surface area contributed by atoms with Crippen molar-refractivity contribution in [2.45, 2.75) is 32.7 Å². The van der Waals surface area contributed by atoms with Crippen molar-refractivity contribution in [1.29, 1.82) is 5.26 Å². The third-order valence-electron chi connectivity index (χ3n) is 4.26. The van der Waals surface area contributed by atoms with Crippen LogP contribution >= 0.6 is 0 Å². The van der Waals surface area contributed by atoms with E-state index < -0.39 is 5.91 Å². The number of hydrogen-bond acceptors (Lipinski definition) is 6. The number of aromatic nitrogens is 4. The maximum atomic E-state index is 11.2. The lowest BCUT2D eigenvalue weighted by atomic mass is 10.0. The summed E-state index contributed by atoms with van der Waals surface area (Å²) in [5.41, 5.74) is 8.36. The normalized spacial score (nSPS) is 17.5. The molecular weight excluding hydrogens is 306 g/mol. The predicted molar refractivity (Wildman–Crippen MR) is 87.4 cm³/mol. The quantitative estimate of drug-likeness (QED) is 0.904. The van der Waals surface area contributed by atoms with Crippen molar-refractivity contribution in [3.05, 3.63) is 35.2 Å². The smallest absolute Gasteiger partial charge is 0.288 e. The van der Waals surface area contributed by atoms with Crippen molar-refractivity contribution in [2.24, 2.45) is 5.73 Å². The van der Waals surface area contributed by atoms with E-state index in [1.54, 1.807) is 11.0 Å². The van der Waals surface area contributed by atoms with Crippen LogP contribution in [-0.4, -0.2) is 38.7 Å². The minimum atomic E-state index is -0.631. The predicted octanol–water partition coefficient (Wildman–Crippen LogP) is 1.10. The highest BCUT2D eigenvalue weighted by molar-refractivity contribution is 5.88. The number of amides is 1. The van der Waals surface area contributed by atoms with Gasteiger partial charge in [-0.15, -0.1) is 5.10 Å². The van der Waals surface area contributed by atoms with E-state index in [4.69, 9.17) is 5.73 Å². The molecule has 3 rings (SSSR count). The summed E-state index contributed by atoms with van der Waals surface area (Å²) in [5.74, 6) is -0.603. The summed E-state index contributed by atoms with van der Waals surface area (Å²) in [7, 11) is 0. The molecule has 3 heterocycles. The average Bonchev–Trinajstić information content (AvgIpc) is 3.04. The molecule has 0 aromatic carbocycles. The SMILES string of the molecule is Cc1cc(N2CCC[C@H](n3cnc(C(N)=O)n3)C2)c(C#N)c(C)n1. The van der Waals surface area contributed by atoms with Crippen LogP contribution in [0.1, 0.15) is 46.5 Å². The minimum Gasteiger partial charge on any atom is -0.368 e. The van der Waals surface area contributed by atoms with Gasteiger partial charge < -0.3 is 10.6 Å². The number of primary amides is 1. The van der Waals surface area contributed by atoms with Crippen molar-refractivity contribution < 1.29 is 4.79 Å². The highest BCUT2D eigenvalue weighted by Gasteiger charge is 2.25. The Balaban J connectivity index is 1.88. The summed E-state index contributed by atoms with van der Waals surface area (Å²) in [6.45, 7) is 5.34. The molecule has 8 nitrogen and oxygen atoms in total. The number of rotatable bonds is 3.